The quantitative estimate of drug-likeness (QED) is 0.689. The van der Waals surface area contributed by atoms with Crippen LogP contribution in [0.15, 0.2) is 12.1 Å². The lowest BCUT2D eigenvalue weighted by Crippen LogP contribution is -2.41. The Morgan fingerprint density at radius 3 is 2.26 bits per heavy atom. The molecule has 0 bridgehead atoms. The number of carbonyl (C=O) groups is 3. The van der Waals surface area contributed by atoms with Crippen LogP contribution in [0.4, 0.5) is 0 Å². The fourth-order valence-electron chi connectivity index (χ4n) is 1.31. The first-order chi connectivity index (χ1) is 9.02. The van der Waals surface area contributed by atoms with E-state index in [1.54, 1.807) is 13.0 Å². The van der Waals surface area contributed by atoms with Gasteiger partial charge in [0.05, 0.1) is 18.0 Å². The van der Waals surface area contributed by atoms with E-state index in [1.807, 2.05) is 13.0 Å². The minimum absolute atomic E-state index is 0.0827. The molecule has 0 saturated carbocycles. The first kappa shape index (κ1) is 15.2. The lowest BCUT2D eigenvalue weighted by atomic mass is 10.4. The van der Waals surface area contributed by atoms with Gasteiger partial charge in [0.25, 0.3) is 5.91 Å². The van der Waals surface area contributed by atoms with Crippen molar-refractivity contribution in [1.82, 2.24) is 16.0 Å². The van der Waals surface area contributed by atoms with E-state index in [0.29, 0.717) is 11.4 Å². The third kappa shape index (κ3) is 5.52. The van der Waals surface area contributed by atoms with Crippen LogP contribution in [-0.4, -0.2) is 37.4 Å². The average Bonchev–Trinajstić information content (AvgIpc) is 2.80. The predicted octanol–water partition coefficient (Wildman–Crippen LogP) is 0.0386. The largest absolute Gasteiger partial charge is 0.355 e. The lowest BCUT2D eigenvalue weighted by Gasteiger charge is -2.06. The van der Waals surface area contributed by atoms with Gasteiger partial charge in [-0.3, -0.25) is 14.4 Å². The van der Waals surface area contributed by atoms with Crippen molar-refractivity contribution in [2.24, 2.45) is 0 Å². The molecule has 0 aliphatic rings. The number of hydrogen-bond acceptors (Lipinski definition) is 4. The van der Waals surface area contributed by atoms with Crippen LogP contribution in [0.25, 0.3) is 0 Å². The van der Waals surface area contributed by atoms with E-state index in [2.05, 4.69) is 16.0 Å². The molecular weight excluding hydrogens is 266 g/mol. The zero-order valence-corrected chi connectivity index (χ0v) is 11.7. The van der Waals surface area contributed by atoms with Crippen molar-refractivity contribution in [3.05, 3.63) is 21.9 Å². The zero-order chi connectivity index (χ0) is 14.3. The van der Waals surface area contributed by atoms with Crippen molar-refractivity contribution in [3.8, 4) is 0 Å². The number of nitrogens with one attached hydrogen (secondary N) is 3. The third-order valence-corrected chi connectivity index (χ3v) is 3.19. The average molecular weight is 283 g/mol. The molecule has 3 N–H and O–H groups in total. The SMILES string of the molecule is CCNC(=O)CNC(=O)CNC(=O)c1ccc(C)s1. The molecule has 7 heteroatoms. The lowest BCUT2D eigenvalue weighted by molar-refractivity contribution is -0.125. The molecule has 3 amide bonds. The summed E-state index contributed by atoms with van der Waals surface area (Å²) in [5, 5.41) is 7.47. The highest BCUT2D eigenvalue weighted by atomic mass is 32.1. The normalized spacial score (nSPS) is 9.79. The second kappa shape index (κ2) is 7.52. The topological polar surface area (TPSA) is 87.3 Å². The minimum atomic E-state index is -0.395. The molecule has 1 aromatic rings. The molecule has 0 unspecified atom stereocenters. The number of aryl methyl sites for hydroxylation is 1. The summed E-state index contributed by atoms with van der Waals surface area (Å²) in [4.78, 5) is 35.7. The molecule has 0 radical (unpaired) electrons. The van der Waals surface area contributed by atoms with Crippen molar-refractivity contribution in [2.45, 2.75) is 13.8 Å². The number of rotatable bonds is 6. The summed E-state index contributed by atoms with van der Waals surface area (Å²) in [5.41, 5.74) is 0. The minimum Gasteiger partial charge on any atom is -0.355 e. The first-order valence-electron chi connectivity index (χ1n) is 5.91. The molecule has 1 rings (SSSR count). The zero-order valence-electron chi connectivity index (χ0n) is 10.9. The summed E-state index contributed by atoms with van der Waals surface area (Å²) in [6.07, 6.45) is 0. The van der Waals surface area contributed by atoms with Gasteiger partial charge in [-0.05, 0) is 26.0 Å². The number of carbonyl (C=O) groups excluding carboxylic acids is 3. The fraction of sp³-hybridized carbons (Fsp3) is 0.417. The van der Waals surface area contributed by atoms with Gasteiger partial charge in [0.2, 0.25) is 11.8 Å². The van der Waals surface area contributed by atoms with E-state index in [0.717, 1.165) is 4.88 Å². The summed E-state index contributed by atoms with van der Waals surface area (Å²) in [7, 11) is 0. The first-order valence-corrected chi connectivity index (χ1v) is 6.72. The van der Waals surface area contributed by atoms with E-state index in [4.69, 9.17) is 0 Å². The highest BCUT2D eigenvalue weighted by Crippen LogP contribution is 2.14. The van der Waals surface area contributed by atoms with Gasteiger partial charge in [-0.15, -0.1) is 11.3 Å². The number of likely N-dealkylation sites (N-methyl/N-ethyl adjacent to an activating group) is 1. The van der Waals surface area contributed by atoms with Crippen molar-refractivity contribution in [3.63, 3.8) is 0 Å². The van der Waals surface area contributed by atoms with Crippen LogP contribution in [-0.2, 0) is 9.59 Å². The summed E-state index contributed by atoms with van der Waals surface area (Å²) >= 11 is 1.36. The van der Waals surface area contributed by atoms with Crippen LogP contribution in [0.2, 0.25) is 0 Å². The molecule has 19 heavy (non-hydrogen) atoms. The molecule has 0 saturated heterocycles. The Kier molecular flexibility index (Phi) is 6.01. The van der Waals surface area contributed by atoms with Gasteiger partial charge in [-0.2, -0.15) is 0 Å². The van der Waals surface area contributed by atoms with Crippen LogP contribution >= 0.6 is 11.3 Å². The van der Waals surface area contributed by atoms with Crippen LogP contribution in [0.1, 0.15) is 21.5 Å². The highest BCUT2D eigenvalue weighted by Gasteiger charge is 2.10. The molecule has 0 aliphatic heterocycles. The molecule has 0 fully saturated rings. The summed E-state index contributed by atoms with van der Waals surface area (Å²) < 4.78 is 0. The smallest absolute Gasteiger partial charge is 0.261 e. The van der Waals surface area contributed by atoms with E-state index in [-0.39, 0.29) is 24.9 Å². The maximum Gasteiger partial charge on any atom is 0.261 e. The molecule has 0 spiro atoms. The third-order valence-electron chi connectivity index (χ3n) is 2.19. The van der Waals surface area contributed by atoms with Gasteiger partial charge in [-0.25, -0.2) is 0 Å². The molecule has 0 atom stereocenters. The summed E-state index contributed by atoms with van der Waals surface area (Å²) in [6.45, 7) is 3.99. The Bertz CT molecular complexity index is 471. The summed E-state index contributed by atoms with van der Waals surface area (Å²) in [5.74, 6) is -0.935. The fourth-order valence-corrected chi connectivity index (χ4v) is 2.09. The second-order valence-electron chi connectivity index (χ2n) is 3.82. The standard InChI is InChI=1S/C12H17N3O3S/c1-3-13-10(16)6-14-11(17)7-15-12(18)9-5-4-8(2)19-9/h4-5H,3,6-7H2,1-2H3,(H,13,16)(H,14,17)(H,15,18). The Hall–Kier alpha value is -1.89. The van der Waals surface area contributed by atoms with E-state index in [1.165, 1.54) is 11.3 Å². The van der Waals surface area contributed by atoms with Crippen molar-refractivity contribution in [2.75, 3.05) is 19.6 Å². The molecule has 6 nitrogen and oxygen atoms in total. The number of amides is 3. The van der Waals surface area contributed by atoms with E-state index >= 15 is 0 Å². The predicted molar refractivity (Wildman–Crippen MR) is 73.1 cm³/mol. The molecule has 1 heterocycles. The van der Waals surface area contributed by atoms with Crippen LogP contribution < -0.4 is 16.0 Å². The van der Waals surface area contributed by atoms with Crippen molar-refractivity contribution in [1.29, 1.82) is 0 Å². The van der Waals surface area contributed by atoms with Gasteiger partial charge in [0.1, 0.15) is 0 Å². The molecule has 104 valence electrons. The number of thiophene rings is 1. The van der Waals surface area contributed by atoms with Crippen LogP contribution in [0, 0.1) is 6.92 Å². The van der Waals surface area contributed by atoms with Crippen molar-refractivity contribution >= 4 is 29.1 Å². The maximum atomic E-state index is 11.6. The van der Waals surface area contributed by atoms with Gasteiger partial charge in [0, 0.05) is 11.4 Å². The van der Waals surface area contributed by atoms with Gasteiger partial charge in [0.15, 0.2) is 0 Å². The van der Waals surface area contributed by atoms with Crippen LogP contribution in [0.5, 0.6) is 0 Å². The maximum absolute atomic E-state index is 11.6. The number of hydrogen-bond donors (Lipinski definition) is 3. The second-order valence-corrected chi connectivity index (χ2v) is 5.11. The van der Waals surface area contributed by atoms with Gasteiger partial charge < -0.3 is 16.0 Å². The van der Waals surface area contributed by atoms with Crippen molar-refractivity contribution < 1.29 is 14.4 Å². The van der Waals surface area contributed by atoms with Gasteiger partial charge >= 0.3 is 0 Å². The molecule has 0 aliphatic carbocycles. The molecular formula is C12H17N3O3S. The Morgan fingerprint density at radius 1 is 1.05 bits per heavy atom. The molecule has 0 aromatic carbocycles. The molecule has 1 aromatic heterocycles. The monoisotopic (exact) mass is 283 g/mol. The Balaban J connectivity index is 2.26. The summed E-state index contributed by atoms with van der Waals surface area (Å²) in [6, 6.07) is 3.55. The van der Waals surface area contributed by atoms with E-state index in [9.17, 15) is 14.4 Å². The van der Waals surface area contributed by atoms with Gasteiger partial charge in [-0.1, -0.05) is 0 Å². The van der Waals surface area contributed by atoms with Crippen LogP contribution in [0.3, 0.4) is 0 Å². The highest BCUT2D eigenvalue weighted by molar-refractivity contribution is 7.13. The van der Waals surface area contributed by atoms with E-state index < -0.39 is 5.91 Å². The Labute approximate surface area is 115 Å². The Morgan fingerprint density at radius 2 is 1.68 bits per heavy atom.